The van der Waals surface area contributed by atoms with Crippen LogP contribution in [0.3, 0.4) is 0 Å². The Balaban J connectivity index is 2.44. The second-order valence-corrected chi connectivity index (χ2v) is 6.54. The van der Waals surface area contributed by atoms with Crippen LogP contribution in [0.5, 0.6) is 11.5 Å². The van der Waals surface area contributed by atoms with Crippen LogP contribution in [0.15, 0.2) is 16.6 Å². The average molecular weight is 402 g/mol. The van der Waals surface area contributed by atoms with Crippen molar-refractivity contribution in [3.8, 4) is 11.5 Å². The van der Waals surface area contributed by atoms with Gasteiger partial charge in [0.05, 0.1) is 17.7 Å². The number of hydrogen-bond acceptors (Lipinski definition) is 4. The predicted octanol–water partition coefficient (Wildman–Crippen LogP) is 4.93. The van der Waals surface area contributed by atoms with Crippen LogP contribution in [0.25, 0.3) is 0 Å². The van der Waals surface area contributed by atoms with E-state index in [1.807, 2.05) is 6.92 Å². The Morgan fingerprint density at radius 1 is 0.958 bits per heavy atom. The van der Waals surface area contributed by atoms with E-state index in [2.05, 4.69) is 47.2 Å². The quantitative estimate of drug-likeness (QED) is 0.448. The Morgan fingerprint density at radius 3 is 2.46 bits per heavy atom. The Hall–Kier alpha value is -0.780. The van der Waals surface area contributed by atoms with Gasteiger partial charge >= 0.3 is 0 Å². The molecule has 0 aliphatic carbocycles. The number of nitrogens with one attached hydrogen (secondary N) is 1. The molecule has 0 saturated heterocycles. The minimum Gasteiger partial charge on any atom is -0.490 e. The Kier molecular flexibility index (Phi) is 12.0. The van der Waals surface area contributed by atoms with Crippen molar-refractivity contribution >= 4 is 15.9 Å². The van der Waals surface area contributed by atoms with E-state index in [1.165, 1.54) is 12.0 Å². The third-order valence-corrected chi connectivity index (χ3v) is 4.02. The number of benzene rings is 1. The van der Waals surface area contributed by atoms with Gasteiger partial charge in [-0.05, 0) is 66.4 Å². The van der Waals surface area contributed by atoms with Gasteiger partial charge in [-0.15, -0.1) is 0 Å². The van der Waals surface area contributed by atoms with Gasteiger partial charge < -0.3 is 19.5 Å². The molecule has 5 heteroatoms. The lowest BCUT2D eigenvalue weighted by molar-refractivity contribution is 0.129. The summed E-state index contributed by atoms with van der Waals surface area (Å²) >= 11 is 3.60. The highest BCUT2D eigenvalue weighted by Crippen LogP contribution is 2.37. The molecule has 24 heavy (non-hydrogen) atoms. The van der Waals surface area contributed by atoms with Gasteiger partial charge in [0.2, 0.25) is 0 Å². The molecule has 138 valence electrons. The van der Waals surface area contributed by atoms with E-state index in [1.54, 1.807) is 0 Å². The first kappa shape index (κ1) is 21.3. The lowest BCUT2D eigenvalue weighted by Gasteiger charge is -2.15. The first-order chi connectivity index (χ1) is 11.7. The van der Waals surface area contributed by atoms with Crippen molar-refractivity contribution in [2.45, 2.75) is 53.0 Å². The summed E-state index contributed by atoms with van der Waals surface area (Å²) in [6.45, 7) is 11.0. The number of halogens is 1. The van der Waals surface area contributed by atoms with Gasteiger partial charge in [0.15, 0.2) is 11.5 Å². The highest BCUT2D eigenvalue weighted by atomic mass is 79.9. The fourth-order valence-electron chi connectivity index (χ4n) is 2.21. The zero-order valence-corrected chi connectivity index (χ0v) is 16.9. The van der Waals surface area contributed by atoms with Crippen LogP contribution in [0.2, 0.25) is 0 Å². The predicted molar refractivity (Wildman–Crippen MR) is 103 cm³/mol. The SMILES string of the molecule is CCCCOCCCNCc1cc(Br)c(OCCC)c(OCC)c1. The third kappa shape index (κ3) is 8.36. The molecule has 1 aromatic rings. The van der Waals surface area contributed by atoms with Crippen molar-refractivity contribution in [1.82, 2.24) is 5.32 Å². The molecule has 0 saturated carbocycles. The maximum atomic E-state index is 5.81. The molecule has 0 aliphatic rings. The van der Waals surface area contributed by atoms with Gasteiger partial charge in [0.25, 0.3) is 0 Å². The summed E-state index contributed by atoms with van der Waals surface area (Å²) in [4.78, 5) is 0. The molecule has 0 aromatic heterocycles. The van der Waals surface area contributed by atoms with Gasteiger partial charge in [-0.25, -0.2) is 0 Å². The molecule has 0 amide bonds. The second kappa shape index (κ2) is 13.5. The number of rotatable bonds is 14. The normalized spacial score (nSPS) is 10.8. The van der Waals surface area contributed by atoms with Gasteiger partial charge in [0.1, 0.15) is 0 Å². The second-order valence-electron chi connectivity index (χ2n) is 5.68. The smallest absolute Gasteiger partial charge is 0.175 e. The Bertz CT molecular complexity index is 454. The summed E-state index contributed by atoms with van der Waals surface area (Å²) in [6.07, 6.45) is 4.34. The summed E-state index contributed by atoms with van der Waals surface area (Å²) in [5.74, 6) is 1.60. The van der Waals surface area contributed by atoms with Crippen molar-refractivity contribution < 1.29 is 14.2 Å². The van der Waals surface area contributed by atoms with Crippen molar-refractivity contribution in [2.24, 2.45) is 0 Å². The zero-order valence-electron chi connectivity index (χ0n) is 15.3. The van der Waals surface area contributed by atoms with E-state index in [-0.39, 0.29) is 0 Å². The van der Waals surface area contributed by atoms with Gasteiger partial charge in [-0.1, -0.05) is 20.3 Å². The molecule has 0 atom stereocenters. The average Bonchev–Trinajstić information content (AvgIpc) is 2.57. The molecule has 0 radical (unpaired) electrons. The van der Waals surface area contributed by atoms with E-state index in [0.717, 1.165) is 61.5 Å². The van der Waals surface area contributed by atoms with Crippen LogP contribution in [-0.2, 0) is 11.3 Å². The maximum Gasteiger partial charge on any atom is 0.175 e. The molecule has 1 N–H and O–H groups in total. The fourth-order valence-corrected chi connectivity index (χ4v) is 2.81. The van der Waals surface area contributed by atoms with E-state index >= 15 is 0 Å². The molecule has 0 unspecified atom stereocenters. The van der Waals surface area contributed by atoms with Crippen molar-refractivity contribution in [3.63, 3.8) is 0 Å². The van der Waals surface area contributed by atoms with Gasteiger partial charge in [0, 0.05) is 19.8 Å². The maximum absolute atomic E-state index is 5.81. The lowest BCUT2D eigenvalue weighted by atomic mass is 10.2. The molecule has 0 spiro atoms. The van der Waals surface area contributed by atoms with Crippen molar-refractivity contribution in [3.05, 3.63) is 22.2 Å². The third-order valence-electron chi connectivity index (χ3n) is 3.43. The standard InChI is InChI=1S/C19H32BrNO3/c1-4-7-11-22-12-8-9-21-15-16-13-17(20)19(24-10-5-2)18(14-16)23-6-3/h13-14,21H,4-12,15H2,1-3H3. The molecule has 0 fully saturated rings. The zero-order chi connectivity index (χ0) is 17.6. The van der Waals surface area contributed by atoms with E-state index in [9.17, 15) is 0 Å². The molecule has 1 aromatic carbocycles. The van der Waals surface area contributed by atoms with Crippen LogP contribution in [-0.4, -0.2) is 33.0 Å². The topological polar surface area (TPSA) is 39.7 Å². The molecule has 0 bridgehead atoms. The minimum atomic E-state index is 0.626. The lowest BCUT2D eigenvalue weighted by Crippen LogP contribution is -2.16. The Labute approximate surface area is 155 Å². The highest BCUT2D eigenvalue weighted by Gasteiger charge is 2.12. The summed E-state index contributed by atoms with van der Waals surface area (Å²) in [5, 5.41) is 3.45. The first-order valence-electron chi connectivity index (χ1n) is 9.09. The molecule has 4 nitrogen and oxygen atoms in total. The molecule has 0 aliphatic heterocycles. The van der Waals surface area contributed by atoms with Crippen molar-refractivity contribution in [2.75, 3.05) is 33.0 Å². The van der Waals surface area contributed by atoms with E-state index in [4.69, 9.17) is 14.2 Å². The minimum absolute atomic E-state index is 0.626. The number of ether oxygens (including phenoxy) is 3. The number of hydrogen-bond donors (Lipinski definition) is 1. The van der Waals surface area contributed by atoms with Crippen LogP contribution in [0.1, 0.15) is 52.0 Å². The van der Waals surface area contributed by atoms with E-state index < -0.39 is 0 Å². The molecular weight excluding hydrogens is 370 g/mol. The molecule has 0 heterocycles. The first-order valence-corrected chi connectivity index (χ1v) is 9.88. The van der Waals surface area contributed by atoms with E-state index in [0.29, 0.717) is 13.2 Å². The summed E-state index contributed by atoms with van der Waals surface area (Å²) < 4.78 is 18.1. The van der Waals surface area contributed by atoms with Gasteiger partial charge in [-0.3, -0.25) is 0 Å². The summed E-state index contributed by atoms with van der Waals surface area (Å²) in [7, 11) is 0. The number of unbranched alkanes of at least 4 members (excludes halogenated alkanes) is 1. The van der Waals surface area contributed by atoms with Crippen LogP contribution < -0.4 is 14.8 Å². The largest absolute Gasteiger partial charge is 0.490 e. The summed E-state index contributed by atoms with van der Waals surface area (Å²) in [5.41, 5.74) is 1.18. The monoisotopic (exact) mass is 401 g/mol. The van der Waals surface area contributed by atoms with Crippen molar-refractivity contribution in [1.29, 1.82) is 0 Å². The fraction of sp³-hybridized carbons (Fsp3) is 0.684. The van der Waals surface area contributed by atoms with Crippen LogP contribution >= 0.6 is 15.9 Å². The van der Waals surface area contributed by atoms with Crippen LogP contribution in [0.4, 0.5) is 0 Å². The Morgan fingerprint density at radius 2 is 1.75 bits per heavy atom. The van der Waals surface area contributed by atoms with Crippen LogP contribution in [0, 0.1) is 0 Å². The molecular formula is C19H32BrNO3. The summed E-state index contributed by atoms with van der Waals surface area (Å²) in [6, 6.07) is 4.16. The van der Waals surface area contributed by atoms with Gasteiger partial charge in [-0.2, -0.15) is 0 Å². The molecule has 1 rings (SSSR count). The highest BCUT2D eigenvalue weighted by molar-refractivity contribution is 9.10.